The van der Waals surface area contributed by atoms with Crippen LogP contribution in [0.5, 0.6) is 0 Å². The molecule has 2 aromatic heterocycles. The standard InChI is InChI=1S/C23H18ClNO3/c1-23(2)11-17-19(18(26)12-23)21-20(25(17)14-7-5-6-13(24)10-14)15-8-3-4-9-16(15)22(27)28-21/h3-10H,11-12H2,1-2H3. The van der Waals surface area contributed by atoms with Crippen LogP contribution in [-0.2, 0) is 6.42 Å². The largest absolute Gasteiger partial charge is 0.420 e. The highest BCUT2D eigenvalue weighted by Crippen LogP contribution is 2.42. The minimum absolute atomic E-state index is 0.00968. The Hall–Kier alpha value is -2.85. The summed E-state index contributed by atoms with van der Waals surface area (Å²) in [4.78, 5) is 25.7. The quantitative estimate of drug-likeness (QED) is 0.427. The first kappa shape index (κ1) is 17.3. The molecule has 4 aromatic rings. The molecule has 2 heterocycles. The first-order valence-corrected chi connectivity index (χ1v) is 9.62. The van der Waals surface area contributed by atoms with Crippen LogP contribution < -0.4 is 5.63 Å². The minimum atomic E-state index is -0.424. The fraction of sp³-hybridized carbons (Fsp3) is 0.217. The zero-order valence-electron chi connectivity index (χ0n) is 15.6. The molecule has 0 unspecified atom stereocenters. The Kier molecular flexibility index (Phi) is 3.59. The maximum Gasteiger partial charge on any atom is 0.344 e. The minimum Gasteiger partial charge on any atom is -0.420 e. The summed E-state index contributed by atoms with van der Waals surface area (Å²) in [5, 5.41) is 1.88. The average molecular weight is 392 g/mol. The van der Waals surface area contributed by atoms with Crippen LogP contribution in [0.25, 0.3) is 27.6 Å². The number of hydrogen-bond acceptors (Lipinski definition) is 3. The van der Waals surface area contributed by atoms with E-state index in [1.165, 1.54) is 0 Å². The number of rotatable bonds is 1. The summed E-state index contributed by atoms with van der Waals surface area (Å²) in [6.45, 7) is 4.17. The normalized spacial score (nSPS) is 15.9. The molecule has 5 rings (SSSR count). The molecule has 140 valence electrons. The number of ketones is 1. The van der Waals surface area contributed by atoms with Crippen molar-refractivity contribution in [1.29, 1.82) is 0 Å². The smallest absolute Gasteiger partial charge is 0.344 e. The van der Waals surface area contributed by atoms with Gasteiger partial charge in [0.2, 0.25) is 0 Å². The number of carbonyl (C=O) groups excluding carboxylic acids is 1. The number of carbonyl (C=O) groups is 1. The molecule has 4 nitrogen and oxygen atoms in total. The molecular weight excluding hydrogens is 374 g/mol. The van der Waals surface area contributed by atoms with Crippen molar-refractivity contribution in [3.63, 3.8) is 0 Å². The van der Waals surface area contributed by atoms with E-state index in [0.717, 1.165) is 22.3 Å². The second-order valence-corrected chi connectivity index (χ2v) is 8.63. The molecule has 0 radical (unpaired) electrons. The third kappa shape index (κ3) is 2.45. The Morgan fingerprint density at radius 2 is 1.75 bits per heavy atom. The number of hydrogen-bond donors (Lipinski definition) is 0. The predicted octanol–water partition coefficient (Wildman–Crippen LogP) is 5.55. The lowest BCUT2D eigenvalue weighted by molar-refractivity contribution is 0.0911. The van der Waals surface area contributed by atoms with Crippen molar-refractivity contribution < 1.29 is 9.21 Å². The van der Waals surface area contributed by atoms with Crippen LogP contribution in [0.2, 0.25) is 5.02 Å². The van der Waals surface area contributed by atoms with E-state index in [4.69, 9.17) is 16.0 Å². The fourth-order valence-corrected chi connectivity index (χ4v) is 4.53. The number of benzene rings is 2. The Morgan fingerprint density at radius 1 is 1.00 bits per heavy atom. The van der Waals surface area contributed by atoms with Crippen molar-refractivity contribution in [2.45, 2.75) is 26.7 Å². The summed E-state index contributed by atoms with van der Waals surface area (Å²) in [5.74, 6) is 0.00968. The summed E-state index contributed by atoms with van der Waals surface area (Å²) in [6, 6.07) is 14.9. The molecule has 0 aliphatic heterocycles. The molecule has 28 heavy (non-hydrogen) atoms. The van der Waals surface area contributed by atoms with Gasteiger partial charge in [0.1, 0.15) is 0 Å². The van der Waals surface area contributed by atoms with Gasteiger partial charge in [-0.1, -0.05) is 49.7 Å². The predicted molar refractivity (Wildman–Crippen MR) is 111 cm³/mol. The third-order valence-electron chi connectivity index (χ3n) is 5.45. The number of fused-ring (bicyclic) bond motifs is 5. The Morgan fingerprint density at radius 3 is 2.50 bits per heavy atom. The molecule has 0 atom stereocenters. The van der Waals surface area contributed by atoms with Crippen molar-refractivity contribution in [3.05, 3.63) is 75.2 Å². The maximum absolute atomic E-state index is 13.1. The summed E-state index contributed by atoms with van der Waals surface area (Å²) < 4.78 is 7.76. The maximum atomic E-state index is 13.1. The highest BCUT2D eigenvalue weighted by Gasteiger charge is 2.37. The van der Waals surface area contributed by atoms with Gasteiger partial charge in [-0.25, -0.2) is 4.79 Å². The number of Topliss-reactive ketones (excluding diaryl/α,β-unsaturated/α-hetero) is 1. The van der Waals surface area contributed by atoms with Crippen LogP contribution in [-0.4, -0.2) is 10.4 Å². The molecule has 0 fully saturated rings. The van der Waals surface area contributed by atoms with E-state index in [1.54, 1.807) is 6.07 Å². The highest BCUT2D eigenvalue weighted by atomic mass is 35.5. The average Bonchev–Trinajstić information content (AvgIpc) is 2.95. The topological polar surface area (TPSA) is 52.2 Å². The van der Waals surface area contributed by atoms with Gasteiger partial charge in [-0.15, -0.1) is 0 Å². The SMILES string of the molecule is CC1(C)CC(=O)c2c(n(-c3cccc(Cl)c3)c3c2oc(=O)c2ccccc23)C1. The van der Waals surface area contributed by atoms with Crippen LogP contribution in [0.1, 0.15) is 36.3 Å². The second kappa shape index (κ2) is 5.82. The zero-order chi connectivity index (χ0) is 19.6. The Labute approximate surface area is 166 Å². The van der Waals surface area contributed by atoms with Crippen LogP contribution in [0.15, 0.2) is 57.7 Å². The van der Waals surface area contributed by atoms with E-state index in [9.17, 15) is 9.59 Å². The Balaban J connectivity index is 2.04. The van der Waals surface area contributed by atoms with E-state index in [1.807, 2.05) is 47.0 Å². The van der Waals surface area contributed by atoms with Crippen molar-refractivity contribution >= 4 is 39.3 Å². The van der Waals surface area contributed by atoms with Crippen LogP contribution >= 0.6 is 11.6 Å². The molecule has 1 aliphatic rings. The highest BCUT2D eigenvalue weighted by molar-refractivity contribution is 6.30. The van der Waals surface area contributed by atoms with Gasteiger partial charge in [0.15, 0.2) is 11.4 Å². The van der Waals surface area contributed by atoms with E-state index < -0.39 is 5.63 Å². The van der Waals surface area contributed by atoms with Gasteiger partial charge in [-0.05, 0) is 36.1 Å². The van der Waals surface area contributed by atoms with Gasteiger partial charge in [0, 0.05) is 28.2 Å². The van der Waals surface area contributed by atoms with Gasteiger partial charge < -0.3 is 8.98 Å². The van der Waals surface area contributed by atoms with Gasteiger partial charge in [0.25, 0.3) is 0 Å². The van der Waals surface area contributed by atoms with E-state index in [-0.39, 0.29) is 11.2 Å². The summed E-state index contributed by atoms with van der Waals surface area (Å²) >= 11 is 6.27. The van der Waals surface area contributed by atoms with Gasteiger partial charge >= 0.3 is 5.63 Å². The molecule has 2 aromatic carbocycles. The first-order chi connectivity index (χ1) is 13.4. The third-order valence-corrected chi connectivity index (χ3v) is 5.69. The molecule has 5 heteroatoms. The van der Waals surface area contributed by atoms with Crippen LogP contribution in [0.3, 0.4) is 0 Å². The second-order valence-electron chi connectivity index (χ2n) is 8.19. The number of halogens is 1. The molecule has 0 saturated carbocycles. The summed E-state index contributed by atoms with van der Waals surface area (Å²) in [5.41, 5.74) is 2.77. The van der Waals surface area contributed by atoms with E-state index in [2.05, 4.69) is 13.8 Å². The Bertz CT molecular complexity index is 1340. The lowest BCUT2D eigenvalue weighted by atomic mass is 9.76. The lowest BCUT2D eigenvalue weighted by Crippen LogP contribution is -2.27. The van der Waals surface area contributed by atoms with Crippen molar-refractivity contribution in [2.75, 3.05) is 0 Å². The van der Waals surface area contributed by atoms with Crippen molar-refractivity contribution in [2.24, 2.45) is 5.41 Å². The molecule has 1 aliphatic carbocycles. The number of aromatic nitrogens is 1. The van der Waals surface area contributed by atoms with Gasteiger partial charge in [-0.2, -0.15) is 0 Å². The fourth-order valence-electron chi connectivity index (χ4n) is 4.35. The van der Waals surface area contributed by atoms with Crippen LogP contribution in [0.4, 0.5) is 0 Å². The van der Waals surface area contributed by atoms with Gasteiger partial charge in [0.05, 0.1) is 16.5 Å². The summed E-state index contributed by atoms with van der Waals surface area (Å²) in [7, 11) is 0. The van der Waals surface area contributed by atoms with Gasteiger partial charge in [-0.3, -0.25) is 4.79 Å². The zero-order valence-corrected chi connectivity index (χ0v) is 16.3. The molecule has 0 spiro atoms. The summed E-state index contributed by atoms with van der Waals surface area (Å²) in [6.07, 6.45) is 1.12. The first-order valence-electron chi connectivity index (χ1n) is 9.24. The monoisotopic (exact) mass is 391 g/mol. The van der Waals surface area contributed by atoms with E-state index >= 15 is 0 Å². The van der Waals surface area contributed by atoms with Crippen molar-refractivity contribution in [1.82, 2.24) is 4.57 Å². The van der Waals surface area contributed by atoms with Crippen LogP contribution in [0, 0.1) is 5.41 Å². The molecule has 0 bridgehead atoms. The molecule has 0 saturated heterocycles. The molecular formula is C23H18ClNO3. The number of nitrogens with zero attached hydrogens (tertiary/aromatic N) is 1. The molecule has 0 N–H and O–H groups in total. The van der Waals surface area contributed by atoms with Crippen molar-refractivity contribution in [3.8, 4) is 5.69 Å². The lowest BCUT2D eigenvalue weighted by Gasteiger charge is -2.29. The molecule has 0 amide bonds. The van der Waals surface area contributed by atoms with E-state index in [0.29, 0.717) is 34.4 Å².